The van der Waals surface area contributed by atoms with Gasteiger partial charge < -0.3 is 4.74 Å². The van der Waals surface area contributed by atoms with E-state index in [9.17, 15) is 8.42 Å². The fourth-order valence-electron chi connectivity index (χ4n) is 2.98. The first-order valence-electron chi connectivity index (χ1n) is 7.57. The van der Waals surface area contributed by atoms with Crippen molar-refractivity contribution < 1.29 is 13.2 Å². The normalized spacial score (nSPS) is 25.2. The molecule has 0 saturated carbocycles. The predicted molar refractivity (Wildman–Crippen MR) is 81.2 cm³/mol. The first kappa shape index (κ1) is 15.0. The second-order valence-electron chi connectivity index (χ2n) is 5.65. The molecule has 5 nitrogen and oxygen atoms in total. The Bertz CT molecular complexity index is 556. The van der Waals surface area contributed by atoms with Gasteiger partial charge in [0.25, 0.3) is 10.2 Å². The maximum absolute atomic E-state index is 12.6. The molecule has 21 heavy (non-hydrogen) atoms. The molecule has 0 spiro atoms. The van der Waals surface area contributed by atoms with Gasteiger partial charge in [-0.2, -0.15) is 17.0 Å². The molecule has 0 amide bonds. The van der Waals surface area contributed by atoms with Crippen LogP contribution < -0.4 is 0 Å². The maximum atomic E-state index is 12.6. The standard InChI is InChI=1S/C15H22N2O3S/c18-21(19,16-8-4-5-9-16)17-10-11-20-15(13-17)12-14-6-2-1-3-7-14/h1-3,6-7,15H,4-5,8-13H2/t15-/m1/s1. The SMILES string of the molecule is O=S(=O)(N1CCCC1)N1CCO[C@H](Cc2ccccc2)C1. The van der Waals surface area contributed by atoms with Gasteiger partial charge >= 0.3 is 0 Å². The number of rotatable bonds is 4. The largest absolute Gasteiger partial charge is 0.375 e. The highest BCUT2D eigenvalue weighted by molar-refractivity contribution is 7.86. The van der Waals surface area contributed by atoms with Gasteiger partial charge in [0.2, 0.25) is 0 Å². The minimum absolute atomic E-state index is 0.0569. The van der Waals surface area contributed by atoms with Crippen molar-refractivity contribution in [1.29, 1.82) is 0 Å². The van der Waals surface area contributed by atoms with Crippen molar-refractivity contribution in [2.45, 2.75) is 25.4 Å². The molecule has 2 fully saturated rings. The van der Waals surface area contributed by atoms with E-state index in [2.05, 4.69) is 12.1 Å². The zero-order valence-corrected chi connectivity index (χ0v) is 13.0. The zero-order valence-electron chi connectivity index (χ0n) is 12.1. The Morgan fingerprint density at radius 2 is 1.76 bits per heavy atom. The van der Waals surface area contributed by atoms with Crippen LogP contribution >= 0.6 is 0 Å². The average Bonchev–Trinajstić information content (AvgIpc) is 3.04. The Morgan fingerprint density at radius 1 is 1.05 bits per heavy atom. The molecule has 2 aliphatic rings. The molecule has 2 aliphatic heterocycles. The summed E-state index contributed by atoms with van der Waals surface area (Å²) < 4.78 is 34.1. The monoisotopic (exact) mass is 310 g/mol. The minimum Gasteiger partial charge on any atom is -0.375 e. The lowest BCUT2D eigenvalue weighted by atomic mass is 10.1. The van der Waals surface area contributed by atoms with E-state index in [0.29, 0.717) is 32.8 Å². The summed E-state index contributed by atoms with van der Waals surface area (Å²) in [5, 5.41) is 0. The van der Waals surface area contributed by atoms with Gasteiger partial charge in [-0.05, 0) is 24.8 Å². The Kier molecular flexibility index (Phi) is 4.59. The van der Waals surface area contributed by atoms with E-state index < -0.39 is 10.2 Å². The van der Waals surface area contributed by atoms with Crippen molar-refractivity contribution in [3.63, 3.8) is 0 Å². The number of ether oxygens (including phenoxy) is 1. The van der Waals surface area contributed by atoms with Gasteiger partial charge in [0, 0.05) is 26.2 Å². The number of benzene rings is 1. The molecular weight excluding hydrogens is 288 g/mol. The number of nitrogens with zero attached hydrogens (tertiary/aromatic N) is 2. The summed E-state index contributed by atoms with van der Waals surface area (Å²) in [6.45, 7) is 2.70. The van der Waals surface area contributed by atoms with Gasteiger partial charge in [-0.25, -0.2) is 0 Å². The van der Waals surface area contributed by atoms with Crippen LogP contribution in [0.25, 0.3) is 0 Å². The second kappa shape index (κ2) is 6.44. The van der Waals surface area contributed by atoms with E-state index in [1.54, 1.807) is 8.61 Å². The number of morpholine rings is 1. The van der Waals surface area contributed by atoms with Crippen LogP contribution in [-0.2, 0) is 21.4 Å². The van der Waals surface area contributed by atoms with Gasteiger partial charge in [-0.3, -0.25) is 0 Å². The quantitative estimate of drug-likeness (QED) is 0.841. The Balaban J connectivity index is 1.65. The fraction of sp³-hybridized carbons (Fsp3) is 0.600. The fourth-order valence-corrected chi connectivity index (χ4v) is 4.69. The van der Waals surface area contributed by atoms with Crippen LogP contribution in [0.15, 0.2) is 30.3 Å². The molecular formula is C15H22N2O3S. The molecule has 0 N–H and O–H groups in total. The van der Waals surface area contributed by atoms with E-state index >= 15 is 0 Å². The lowest BCUT2D eigenvalue weighted by Gasteiger charge is -2.34. The molecule has 0 aliphatic carbocycles. The van der Waals surface area contributed by atoms with Crippen molar-refractivity contribution in [3.05, 3.63) is 35.9 Å². The van der Waals surface area contributed by atoms with Crippen molar-refractivity contribution in [3.8, 4) is 0 Å². The van der Waals surface area contributed by atoms with Crippen LogP contribution in [0.3, 0.4) is 0 Å². The molecule has 0 aromatic heterocycles. The van der Waals surface area contributed by atoms with Crippen molar-refractivity contribution in [2.75, 3.05) is 32.8 Å². The van der Waals surface area contributed by atoms with Crippen molar-refractivity contribution in [2.24, 2.45) is 0 Å². The Labute approximate surface area is 126 Å². The van der Waals surface area contributed by atoms with Crippen LogP contribution in [-0.4, -0.2) is 55.9 Å². The van der Waals surface area contributed by atoms with E-state index in [1.807, 2.05) is 18.2 Å². The average molecular weight is 310 g/mol. The first-order valence-corrected chi connectivity index (χ1v) is 8.97. The highest BCUT2D eigenvalue weighted by Gasteiger charge is 2.35. The van der Waals surface area contributed by atoms with Crippen LogP contribution in [0, 0.1) is 0 Å². The number of hydrogen-bond acceptors (Lipinski definition) is 3. The van der Waals surface area contributed by atoms with Crippen LogP contribution in [0.4, 0.5) is 0 Å². The third kappa shape index (κ3) is 3.45. The molecule has 0 radical (unpaired) electrons. The third-order valence-electron chi connectivity index (χ3n) is 4.13. The second-order valence-corrected chi connectivity index (χ2v) is 7.58. The smallest absolute Gasteiger partial charge is 0.282 e. The van der Waals surface area contributed by atoms with Gasteiger partial charge in [-0.15, -0.1) is 0 Å². The van der Waals surface area contributed by atoms with Gasteiger partial charge in [-0.1, -0.05) is 30.3 Å². The minimum atomic E-state index is -3.30. The molecule has 1 atom stereocenters. The lowest BCUT2D eigenvalue weighted by molar-refractivity contribution is -0.00203. The van der Waals surface area contributed by atoms with E-state index in [0.717, 1.165) is 19.3 Å². The van der Waals surface area contributed by atoms with Gasteiger partial charge in [0.05, 0.1) is 12.7 Å². The molecule has 0 bridgehead atoms. The Hall–Kier alpha value is -0.950. The van der Waals surface area contributed by atoms with E-state index in [1.165, 1.54) is 5.56 Å². The van der Waals surface area contributed by atoms with Crippen molar-refractivity contribution in [1.82, 2.24) is 8.61 Å². The molecule has 1 aromatic carbocycles. The van der Waals surface area contributed by atoms with Crippen molar-refractivity contribution >= 4 is 10.2 Å². The summed E-state index contributed by atoms with van der Waals surface area (Å²) in [4.78, 5) is 0. The van der Waals surface area contributed by atoms with Crippen LogP contribution in [0.1, 0.15) is 18.4 Å². The summed E-state index contributed by atoms with van der Waals surface area (Å²) >= 11 is 0. The maximum Gasteiger partial charge on any atom is 0.282 e. The predicted octanol–water partition coefficient (Wildman–Crippen LogP) is 1.27. The number of hydrogen-bond donors (Lipinski definition) is 0. The molecule has 2 heterocycles. The molecule has 2 saturated heterocycles. The Morgan fingerprint density at radius 3 is 2.48 bits per heavy atom. The molecule has 0 unspecified atom stereocenters. The van der Waals surface area contributed by atoms with E-state index in [4.69, 9.17) is 4.74 Å². The molecule has 3 rings (SSSR count). The lowest BCUT2D eigenvalue weighted by Crippen LogP contribution is -2.51. The van der Waals surface area contributed by atoms with Crippen LogP contribution in [0.5, 0.6) is 0 Å². The third-order valence-corrected chi connectivity index (χ3v) is 6.13. The summed E-state index contributed by atoms with van der Waals surface area (Å²) in [5.74, 6) is 0. The van der Waals surface area contributed by atoms with Gasteiger partial charge in [0.1, 0.15) is 0 Å². The molecule has 1 aromatic rings. The first-order chi connectivity index (χ1) is 10.2. The van der Waals surface area contributed by atoms with E-state index in [-0.39, 0.29) is 6.10 Å². The summed E-state index contributed by atoms with van der Waals surface area (Å²) in [7, 11) is -3.30. The highest BCUT2D eigenvalue weighted by atomic mass is 32.2. The van der Waals surface area contributed by atoms with Crippen LogP contribution in [0.2, 0.25) is 0 Å². The molecule has 116 valence electrons. The molecule has 6 heteroatoms. The topological polar surface area (TPSA) is 49.9 Å². The highest BCUT2D eigenvalue weighted by Crippen LogP contribution is 2.20. The van der Waals surface area contributed by atoms with Gasteiger partial charge in [0.15, 0.2) is 0 Å². The zero-order chi connectivity index (χ0) is 14.7. The summed E-state index contributed by atoms with van der Waals surface area (Å²) in [6, 6.07) is 10.1. The summed E-state index contributed by atoms with van der Waals surface area (Å²) in [6.07, 6.45) is 2.64. The summed E-state index contributed by atoms with van der Waals surface area (Å²) in [5.41, 5.74) is 1.18.